The minimum Gasteiger partial charge on any atom is -0.355 e. The number of aromatic amines is 1. The van der Waals surface area contributed by atoms with Crippen LogP contribution in [0, 0.1) is 0 Å². The van der Waals surface area contributed by atoms with Crippen molar-refractivity contribution in [3.63, 3.8) is 0 Å². The molecule has 0 fully saturated rings. The zero-order valence-electron chi connectivity index (χ0n) is 14.6. The van der Waals surface area contributed by atoms with Crippen LogP contribution in [0.15, 0.2) is 27.7 Å². The predicted octanol–water partition coefficient (Wildman–Crippen LogP) is 3.21. The summed E-state index contributed by atoms with van der Waals surface area (Å²) in [7, 11) is 0. The highest BCUT2D eigenvalue weighted by Crippen LogP contribution is 2.20. The Hall–Kier alpha value is -1.56. The molecule has 1 heterocycles. The van der Waals surface area contributed by atoms with Crippen molar-refractivity contribution >= 4 is 17.7 Å². The average Bonchev–Trinajstić information content (AvgIpc) is 2.55. The maximum Gasteiger partial charge on any atom is 0.251 e. The van der Waals surface area contributed by atoms with Crippen LogP contribution in [0.3, 0.4) is 0 Å². The number of thioether (sulfide) groups is 1. The van der Waals surface area contributed by atoms with Crippen molar-refractivity contribution in [3.8, 4) is 0 Å². The van der Waals surface area contributed by atoms with Crippen LogP contribution in [0.25, 0.3) is 0 Å². The van der Waals surface area contributed by atoms with Crippen molar-refractivity contribution in [1.82, 2.24) is 15.3 Å². The van der Waals surface area contributed by atoms with Crippen LogP contribution in [-0.2, 0) is 11.2 Å². The molecule has 1 aromatic heterocycles. The highest BCUT2D eigenvalue weighted by atomic mass is 32.2. The lowest BCUT2D eigenvalue weighted by atomic mass is 9.97. The molecule has 1 aromatic rings. The van der Waals surface area contributed by atoms with E-state index in [0.29, 0.717) is 11.7 Å². The molecular weight excluding hydrogens is 322 g/mol. The molecule has 132 valence electrons. The first-order chi connectivity index (χ1) is 11.6. The molecule has 6 heteroatoms. The van der Waals surface area contributed by atoms with E-state index in [4.69, 9.17) is 0 Å². The van der Waals surface area contributed by atoms with Gasteiger partial charge in [0.2, 0.25) is 5.91 Å². The van der Waals surface area contributed by atoms with Gasteiger partial charge in [-0.3, -0.25) is 9.59 Å². The Morgan fingerprint density at radius 1 is 1.42 bits per heavy atom. The summed E-state index contributed by atoms with van der Waals surface area (Å²) in [6, 6.07) is 1.52. The zero-order valence-corrected chi connectivity index (χ0v) is 15.4. The van der Waals surface area contributed by atoms with E-state index in [1.807, 2.05) is 13.8 Å². The molecule has 1 aliphatic rings. The first kappa shape index (κ1) is 18.8. The monoisotopic (exact) mass is 349 g/mol. The number of rotatable bonds is 8. The molecular formula is C18H27N3O2S. The summed E-state index contributed by atoms with van der Waals surface area (Å²) in [6.45, 7) is 4.56. The number of carbonyl (C=O) groups excluding carboxylic acids is 1. The standard InChI is InChI=1S/C18H27N3O2S/c1-3-7-15-12-16(22)21-18(20-15)24-13(2)17(23)19-11-10-14-8-5-4-6-9-14/h8,12-13H,3-7,9-11H2,1-2H3,(H,19,23)(H,20,21,22)/t13-/m0/s1. The Morgan fingerprint density at radius 3 is 2.96 bits per heavy atom. The Morgan fingerprint density at radius 2 is 2.25 bits per heavy atom. The molecule has 24 heavy (non-hydrogen) atoms. The fourth-order valence-electron chi connectivity index (χ4n) is 2.77. The van der Waals surface area contributed by atoms with Crippen LogP contribution in [0.5, 0.6) is 0 Å². The van der Waals surface area contributed by atoms with Crippen molar-refractivity contribution < 1.29 is 4.79 Å². The number of hydrogen-bond acceptors (Lipinski definition) is 4. The average molecular weight is 350 g/mol. The van der Waals surface area contributed by atoms with Gasteiger partial charge in [-0.1, -0.05) is 36.8 Å². The number of hydrogen-bond donors (Lipinski definition) is 2. The van der Waals surface area contributed by atoms with Gasteiger partial charge < -0.3 is 10.3 Å². The van der Waals surface area contributed by atoms with Gasteiger partial charge in [-0.15, -0.1) is 0 Å². The van der Waals surface area contributed by atoms with Crippen molar-refractivity contribution in [1.29, 1.82) is 0 Å². The van der Waals surface area contributed by atoms with Crippen LogP contribution in [0.1, 0.15) is 58.1 Å². The fourth-order valence-corrected chi connectivity index (χ4v) is 3.62. The van der Waals surface area contributed by atoms with E-state index < -0.39 is 0 Å². The van der Waals surface area contributed by atoms with Gasteiger partial charge >= 0.3 is 0 Å². The third kappa shape index (κ3) is 6.15. The van der Waals surface area contributed by atoms with E-state index in [-0.39, 0.29) is 16.7 Å². The number of nitrogens with zero attached hydrogens (tertiary/aromatic N) is 1. The number of allylic oxidation sites excluding steroid dienone is 1. The Balaban J connectivity index is 1.82. The number of nitrogens with one attached hydrogen (secondary N) is 2. The van der Waals surface area contributed by atoms with Crippen molar-refractivity contribution in [2.24, 2.45) is 0 Å². The molecule has 0 radical (unpaired) electrons. The molecule has 1 atom stereocenters. The van der Waals surface area contributed by atoms with E-state index in [1.165, 1.54) is 42.7 Å². The lowest BCUT2D eigenvalue weighted by Gasteiger charge is -2.15. The summed E-state index contributed by atoms with van der Waals surface area (Å²) in [4.78, 5) is 31.0. The summed E-state index contributed by atoms with van der Waals surface area (Å²) in [5.41, 5.74) is 2.08. The van der Waals surface area contributed by atoms with Crippen LogP contribution >= 0.6 is 11.8 Å². The fraction of sp³-hybridized carbons (Fsp3) is 0.611. The summed E-state index contributed by atoms with van der Waals surface area (Å²) < 4.78 is 0. The molecule has 2 N–H and O–H groups in total. The highest BCUT2D eigenvalue weighted by molar-refractivity contribution is 8.00. The number of amides is 1. The zero-order chi connectivity index (χ0) is 17.4. The third-order valence-electron chi connectivity index (χ3n) is 4.07. The van der Waals surface area contributed by atoms with E-state index in [1.54, 1.807) is 0 Å². The van der Waals surface area contributed by atoms with Crippen LogP contribution in [0.2, 0.25) is 0 Å². The summed E-state index contributed by atoms with van der Waals surface area (Å²) in [5.74, 6) is -0.0139. The largest absolute Gasteiger partial charge is 0.355 e. The van der Waals surface area contributed by atoms with Crippen LogP contribution in [0.4, 0.5) is 0 Å². The van der Waals surface area contributed by atoms with Gasteiger partial charge in [0.25, 0.3) is 5.56 Å². The minimum atomic E-state index is -0.287. The van der Waals surface area contributed by atoms with Gasteiger partial charge in [-0.2, -0.15) is 0 Å². The summed E-state index contributed by atoms with van der Waals surface area (Å²) in [6.07, 6.45) is 9.83. The molecule has 0 saturated carbocycles. The van der Waals surface area contributed by atoms with E-state index in [0.717, 1.165) is 31.4 Å². The van der Waals surface area contributed by atoms with E-state index >= 15 is 0 Å². The number of aromatic nitrogens is 2. The smallest absolute Gasteiger partial charge is 0.251 e. The highest BCUT2D eigenvalue weighted by Gasteiger charge is 2.16. The second-order valence-corrected chi connectivity index (χ2v) is 7.53. The second kappa shape index (κ2) is 9.67. The van der Waals surface area contributed by atoms with E-state index in [9.17, 15) is 9.59 Å². The number of H-pyrrole nitrogens is 1. The van der Waals surface area contributed by atoms with Gasteiger partial charge in [-0.05, 0) is 45.4 Å². The molecule has 1 aliphatic carbocycles. The van der Waals surface area contributed by atoms with Gasteiger partial charge in [0.15, 0.2) is 5.16 Å². The van der Waals surface area contributed by atoms with Gasteiger partial charge in [-0.25, -0.2) is 4.98 Å². The van der Waals surface area contributed by atoms with E-state index in [2.05, 4.69) is 21.4 Å². The SMILES string of the molecule is CCCc1cc(=O)[nH]c(S[C@@H](C)C(=O)NCCC2=CCCCC2)n1. The number of aryl methyl sites for hydroxylation is 1. The predicted molar refractivity (Wildman–Crippen MR) is 98.3 cm³/mol. The minimum absolute atomic E-state index is 0.0139. The van der Waals surface area contributed by atoms with Crippen LogP contribution < -0.4 is 10.9 Å². The Kier molecular flexibility index (Phi) is 7.56. The van der Waals surface area contributed by atoms with Gasteiger partial charge in [0, 0.05) is 18.3 Å². The third-order valence-corrected chi connectivity index (χ3v) is 5.05. The molecule has 0 saturated heterocycles. The quantitative estimate of drug-likeness (QED) is 0.429. The lowest BCUT2D eigenvalue weighted by Crippen LogP contribution is -2.32. The molecule has 0 spiro atoms. The van der Waals surface area contributed by atoms with Crippen molar-refractivity contribution in [2.75, 3.05) is 6.54 Å². The molecule has 2 rings (SSSR count). The maximum absolute atomic E-state index is 12.2. The topological polar surface area (TPSA) is 74.8 Å². The maximum atomic E-state index is 12.2. The first-order valence-electron chi connectivity index (χ1n) is 8.81. The molecule has 1 amide bonds. The molecule has 0 unspecified atom stereocenters. The van der Waals surface area contributed by atoms with Crippen molar-refractivity contribution in [3.05, 3.63) is 33.8 Å². The Bertz CT molecular complexity index is 639. The normalized spacial score (nSPS) is 15.7. The number of carbonyl (C=O) groups is 1. The molecule has 0 bridgehead atoms. The second-order valence-electron chi connectivity index (χ2n) is 6.20. The summed E-state index contributed by atoms with van der Waals surface area (Å²) >= 11 is 1.30. The summed E-state index contributed by atoms with van der Waals surface area (Å²) in [5, 5.41) is 3.21. The van der Waals surface area contributed by atoms with Crippen LogP contribution in [-0.4, -0.2) is 27.7 Å². The Labute approximate surface area is 147 Å². The van der Waals surface area contributed by atoms with Gasteiger partial charge in [0.1, 0.15) is 0 Å². The van der Waals surface area contributed by atoms with Gasteiger partial charge in [0.05, 0.1) is 5.25 Å². The molecule has 0 aliphatic heterocycles. The molecule has 5 nitrogen and oxygen atoms in total. The first-order valence-corrected chi connectivity index (χ1v) is 9.69. The van der Waals surface area contributed by atoms with Crippen molar-refractivity contribution in [2.45, 2.75) is 69.2 Å². The lowest BCUT2D eigenvalue weighted by molar-refractivity contribution is -0.120. The molecule has 0 aromatic carbocycles.